The van der Waals surface area contributed by atoms with Crippen molar-refractivity contribution in [3.8, 4) is 0 Å². The van der Waals surface area contributed by atoms with Crippen molar-refractivity contribution in [3.63, 3.8) is 0 Å². The highest BCUT2D eigenvalue weighted by Gasteiger charge is 2.09. The van der Waals surface area contributed by atoms with Gasteiger partial charge in [-0.05, 0) is 24.3 Å². The highest BCUT2D eigenvalue weighted by molar-refractivity contribution is 9.10. The molecule has 0 saturated heterocycles. The van der Waals surface area contributed by atoms with Crippen LogP contribution in [0.1, 0.15) is 0 Å². The fourth-order valence-electron chi connectivity index (χ4n) is 1.33. The number of benzene rings is 1. The zero-order valence-corrected chi connectivity index (χ0v) is 9.03. The molecule has 1 aliphatic heterocycles. The number of halogens is 1. The maximum Gasteiger partial charge on any atom is 0.0938 e. The monoisotopic (exact) mass is 238 g/mol. The van der Waals surface area contributed by atoms with Crippen molar-refractivity contribution >= 4 is 21.6 Å². The van der Waals surface area contributed by atoms with Crippen LogP contribution in [0.2, 0.25) is 0 Å². The van der Waals surface area contributed by atoms with Gasteiger partial charge in [0.15, 0.2) is 0 Å². The lowest BCUT2D eigenvalue weighted by Crippen LogP contribution is -2.21. The van der Waals surface area contributed by atoms with Crippen LogP contribution >= 0.6 is 15.9 Å². The van der Waals surface area contributed by atoms with Crippen molar-refractivity contribution in [1.82, 2.24) is 4.90 Å². The van der Waals surface area contributed by atoms with Gasteiger partial charge >= 0.3 is 0 Å². The summed E-state index contributed by atoms with van der Waals surface area (Å²) in [5.74, 6) is 0. The van der Waals surface area contributed by atoms with E-state index in [0.717, 1.165) is 11.1 Å². The highest BCUT2D eigenvalue weighted by atomic mass is 79.9. The molecule has 3 heteroatoms. The van der Waals surface area contributed by atoms with E-state index < -0.39 is 0 Å². The second kappa shape index (κ2) is 3.42. The Hall–Kier alpha value is -0.960. The molecule has 1 heterocycles. The molecule has 0 aromatic heterocycles. The lowest BCUT2D eigenvalue weighted by molar-refractivity contribution is 0.496. The molecule has 68 valence electrons. The van der Waals surface area contributed by atoms with Gasteiger partial charge in [0.2, 0.25) is 0 Å². The summed E-state index contributed by atoms with van der Waals surface area (Å²) in [6.07, 6.45) is 4.16. The van der Waals surface area contributed by atoms with Gasteiger partial charge in [-0.3, -0.25) is 0 Å². The van der Waals surface area contributed by atoms with Crippen molar-refractivity contribution in [1.29, 1.82) is 0 Å². The van der Waals surface area contributed by atoms with Crippen LogP contribution in [-0.2, 0) is 0 Å². The van der Waals surface area contributed by atoms with Crippen LogP contribution < -0.4 is 4.90 Å². The van der Waals surface area contributed by atoms with Crippen LogP contribution in [-0.4, -0.2) is 18.6 Å². The number of hydrogen-bond acceptors (Lipinski definition) is 2. The van der Waals surface area contributed by atoms with Crippen molar-refractivity contribution in [2.45, 2.75) is 0 Å². The number of nitrogens with zero attached hydrogens (tertiary/aromatic N) is 2. The van der Waals surface area contributed by atoms with E-state index in [0.29, 0.717) is 0 Å². The van der Waals surface area contributed by atoms with E-state index in [1.165, 1.54) is 5.69 Å². The predicted molar refractivity (Wildman–Crippen MR) is 58.4 cm³/mol. The molecular formula is C10H11BrN2. The Labute approximate surface area is 86.6 Å². The van der Waals surface area contributed by atoms with Crippen molar-refractivity contribution in [2.24, 2.45) is 0 Å². The largest absolute Gasteiger partial charge is 0.361 e. The van der Waals surface area contributed by atoms with E-state index in [-0.39, 0.29) is 0 Å². The zero-order valence-electron chi connectivity index (χ0n) is 7.44. The van der Waals surface area contributed by atoms with Crippen molar-refractivity contribution < 1.29 is 0 Å². The van der Waals surface area contributed by atoms with Gasteiger partial charge in [-0.25, -0.2) is 0 Å². The maximum absolute atomic E-state index is 3.42. The molecule has 0 fully saturated rings. The molecule has 0 aliphatic carbocycles. The molecular weight excluding hydrogens is 228 g/mol. The van der Waals surface area contributed by atoms with Gasteiger partial charge in [-0.2, -0.15) is 0 Å². The fraction of sp³-hybridized carbons (Fsp3) is 0.200. The summed E-state index contributed by atoms with van der Waals surface area (Å²) in [6, 6.07) is 8.32. The average Bonchev–Trinajstić information content (AvgIpc) is 2.53. The second-order valence-electron chi connectivity index (χ2n) is 3.14. The Morgan fingerprint density at radius 2 is 1.85 bits per heavy atom. The van der Waals surface area contributed by atoms with Gasteiger partial charge in [0.1, 0.15) is 0 Å². The van der Waals surface area contributed by atoms with E-state index in [1.807, 2.05) is 0 Å². The summed E-state index contributed by atoms with van der Waals surface area (Å²) in [5.41, 5.74) is 1.23. The van der Waals surface area contributed by atoms with E-state index in [9.17, 15) is 0 Å². The molecule has 2 nitrogen and oxygen atoms in total. The number of hydrogen-bond donors (Lipinski definition) is 0. The van der Waals surface area contributed by atoms with Gasteiger partial charge in [-0.15, -0.1) is 0 Å². The molecule has 13 heavy (non-hydrogen) atoms. The van der Waals surface area contributed by atoms with Crippen LogP contribution in [0.5, 0.6) is 0 Å². The third-order valence-corrected chi connectivity index (χ3v) is 2.56. The summed E-state index contributed by atoms with van der Waals surface area (Å²) in [6.45, 7) is 0.932. The van der Waals surface area contributed by atoms with E-state index in [1.54, 1.807) is 0 Å². The molecule has 0 amide bonds. The van der Waals surface area contributed by atoms with Crippen LogP contribution in [0, 0.1) is 0 Å². The summed E-state index contributed by atoms with van der Waals surface area (Å²) < 4.78 is 1.12. The van der Waals surface area contributed by atoms with Gasteiger partial charge in [0.25, 0.3) is 0 Å². The highest BCUT2D eigenvalue weighted by Crippen LogP contribution is 2.20. The number of anilines is 1. The summed E-state index contributed by atoms with van der Waals surface area (Å²) >= 11 is 3.42. The fourth-order valence-corrected chi connectivity index (χ4v) is 1.59. The topological polar surface area (TPSA) is 6.48 Å². The smallest absolute Gasteiger partial charge is 0.0938 e. The minimum absolute atomic E-state index is 0.932. The first-order valence-corrected chi connectivity index (χ1v) is 4.96. The van der Waals surface area contributed by atoms with E-state index in [4.69, 9.17) is 0 Å². The summed E-state index contributed by atoms with van der Waals surface area (Å²) in [4.78, 5) is 4.34. The molecule has 0 atom stereocenters. The Morgan fingerprint density at radius 1 is 1.15 bits per heavy atom. The lowest BCUT2D eigenvalue weighted by atomic mass is 10.3. The minimum Gasteiger partial charge on any atom is -0.361 e. The molecule has 0 N–H and O–H groups in total. The average molecular weight is 239 g/mol. The second-order valence-corrected chi connectivity index (χ2v) is 4.06. The van der Waals surface area contributed by atoms with E-state index >= 15 is 0 Å². The van der Waals surface area contributed by atoms with Crippen LogP contribution in [0.15, 0.2) is 41.1 Å². The first-order chi connectivity index (χ1) is 6.25. The third-order valence-electron chi connectivity index (χ3n) is 2.03. The molecule has 1 aromatic carbocycles. The Bertz CT molecular complexity index is 318. The Balaban J connectivity index is 2.18. The number of rotatable bonds is 1. The third kappa shape index (κ3) is 1.86. The predicted octanol–water partition coefficient (Wildman–Crippen LogP) is 2.63. The van der Waals surface area contributed by atoms with Crippen molar-refractivity contribution in [2.75, 3.05) is 18.6 Å². The molecule has 1 aromatic rings. The first kappa shape index (κ1) is 8.63. The standard InChI is InChI=1S/C10H11BrN2/c1-12-6-7-13(8-12)10-4-2-9(11)3-5-10/h2-7H,8H2,1H3. The van der Waals surface area contributed by atoms with Crippen LogP contribution in [0.4, 0.5) is 5.69 Å². The van der Waals surface area contributed by atoms with Crippen LogP contribution in [0.3, 0.4) is 0 Å². The molecule has 2 rings (SSSR count). The summed E-state index contributed by atoms with van der Waals surface area (Å²) in [5, 5.41) is 0. The molecule has 0 bridgehead atoms. The molecule has 0 unspecified atom stereocenters. The van der Waals surface area contributed by atoms with Crippen LogP contribution in [0.25, 0.3) is 0 Å². The van der Waals surface area contributed by atoms with Gasteiger partial charge < -0.3 is 9.80 Å². The Kier molecular flexibility index (Phi) is 2.27. The molecule has 0 radical (unpaired) electrons. The minimum atomic E-state index is 0.932. The molecule has 0 spiro atoms. The van der Waals surface area contributed by atoms with Gasteiger partial charge in [0.05, 0.1) is 6.67 Å². The molecule has 1 aliphatic rings. The summed E-state index contributed by atoms with van der Waals surface area (Å²) in [7, 11) is 2.06. The van der Waals surface area contributed by atoms with Gasteiger partial charge in [-0.1, -0.05) is 15.9 Å². The van der Waals surface area contributed by atoms with Crippen molar-refractivity contribution in [3.05, 3.63) is 41.1 Å². The maximum atomic E-state index is 3.42. The Morgan fingerprint density at radius 3 is 2.38 bits per heavy atom. The lowest BCUT2D eigenvalue weighted by Gasteiger charge is -2.17. The normalized spacial score (nSPS) is 15.5. The molecule has 0 saturated carbocycles. The zero-order chi connectivity index (χ0) is 9.26. The first-order valence-electron chi connectivity index (χ1n) is 4.16. The van der Waals surface area contributed by atoms with E-state index in [2.05, 4.69) is 69.4 Å². The SMILES string of the molecule is CN1C=CN(c2ccc(Br)cc2)C1. The van der Waals surface area contributed by atoms with Gasteiger partial charge in [0, 0.05) is 29.6 Å². The quantitative estimate of drug-likeness (QED) is 0.743.